The van der Waals surface area contributed by atoms with Crippen LogP contribution in [0, 0.1) is 0 Å². The molecule has 0 aliphatic rings. The molecule has 0 aromatic carbocycles. The Morgan fingerprint density at radius 3 is 1.04 bits per heavy atom. The Bertz CT molecular complexity index is 1720. The van der Waals surface area contributed by atoms with E-state index in [9.17, 15) is 19.5 Å². The third-order valence-corrected chi connectivity index (χ3v) is 12.4. The van der Waals surface area contributed by atoms with E-state index in [4.69, 9.17) is 18.9 Å². The number of unbranched alkanes of at least 4 members (excludes halogenated alkanes) is 17. The molecule has 9 nitrogen and oxygen atoms in total. The largest absolute Gasteiger partial charge is 0.545 e. The number of aliphatic carboxylic acids is 1. The fraction of sp³-hybridized carbons (Fsp3) is 0.632. The van der Waals surface area contributed by atoms with Gasteiger partial charge in [0.15, 0.2) is 12.4 Å². The van der Waals surface area contributed by atoms with Crippen LogP contribution in [0.2, 0.25) is 0 Å². The predicted octanol–water partition coefficient (Wildman–Crippen LogP) is 16.9. The molecule has 2 atom stereocenters. The van der Waals surface area contributed by atoms with E-state index in [0.717, 1.165) is 128 Å². The third-order valence-electron chi connectivity index (χ3n) is 12.4. The molecular weight excluding hydrogens is 959 g/mol. The van der Waals surface area contributed by atoms with Crippen molar-refractivity contribution >= 4 is 17.9 Å². The van der Waals surface area contributed by atoms with Gasteiger partial charge in [-0.3, -0.25) is 9.59 Å². The molecule has 0 spiro atoms. The summed E-state index contributed by atoms with van der Waals surface area (Å²) in [6.45, 7) is 4.49. The van der Waals surface area contributed by atoms with Crippen LogP contribution in [0.1, 0.15) is 219 Å². The van der Waals surface area contributed by atoms with Crippen LogP contribution >= 0.6 is 0 Å². The Hall–Kier alpha value is -4.57. The van der Waals surface area contributed by atoms with Gasteiger partial charge >= 0.3 is 11.9 Å². The minimum absolute atomic E-state index is 0.137. The number of allylic oxidation sites excluding steroid dienone is 22. The maximum Gasteiger partial charge on any atom is 0.306 e. The van der Waals surface area contributed by atoms with E-state index in [2.05, 4.69) is 148 Å². The standard InChI is InChI=1S/C68H111NO8/c1-6-8-10-12-14-16-18-20-22-24-26-28-30-31-32-33-34-35-37-39-41-43-45-47-49-51-53-55-57-59-66(71)77-64(63-76-68(67(72)73)74-61-60-69(3,4)5)62-75-65(70)58-56-54-52-50-48-46-44-42-40-38-36-29-27-25-23-21-19-17-15-13-11-9-7-2/h8-11,14-17,20-23,26-29,31-32,34-35,38,40,64,68H,6-7,12-13,18-19,24-25,30,33,36-37,39,41-63H2,1-5H3/b10-8-,11-9-,16-14-,17-15-,22-20-,23-21-,28-26-,29-27-,32-31-,35-34-,40-38-. The quantitative estimate of drug-likeness (QED) is 0.0195. The Kier molecular flexibility index (Phi) is 54.2. The zero-order chi connectivity index (χ0) is 56.2. The van der Waals surface area contributed by atoms with Crippen LogP contribution in [-0.4, -0.2) is 82.3 Å². The summed E-state index contributed by atoms with van der Waals surface area (Å²) >= 11 is 0. The lowest BCUT2D eigenvalue weighted by molar-refractivity contribution is -0.870. The summed E-state index contributed by atoms with van der Waals surface area (Å²) in [4.78, 5) is 37.4. The van der Waals surface area contributed by atoms with Crippen LogP contribution in [0.15, 0.2) is 134 Å². The first-order chi connectivity index (χ1) is 37.6. The van der Waals surface area contributed by atoms with E-state index in [-0.39, 0.29) is 38.6 Å². The average Bonchev–Trinajstić information content (AvgIpc) is 3.40. The van der Waals surface area contributed by atoms with Crippen molar-refractivity contribution in [3.8, 4) is 0 Å². The number of carboxylic acid groups (broad SMARTS) is 1. The average molecular weight is 1070 g/mol. The molecule has 0 saturated heterocycles. The molecule has 0 saturated carbocycles. The Morgan fingerprint density at radius 2 is 0.701 bits per heavy atom. The van der Waals surface area contributed by atoms with E-state index < -0.39 is 24.3 Å². The highest BCUT2D eigenvalue weighted by Crippen LogP contribution is 2.15. The first-order valence-corrected chi connectivity index (χ1v) is 30.3. The summed E-state index contributed by atoms with van der Waals surface area (Å²) in [5, 5.41) is 11.8. The SMILES string of the molecule is CC/C=C\C/C=C\C/C=C\C/C=C\C/C=C\C/C=C\CCCCCCCCCCCCC(=O)OC(COC(=O)CCCCCCCCC/C=C\C/C=C\C/C=C\C/C=C\C/C=C\CC)COC(OCC[N+](C)(C)C)C(=O)[O-]. The minimum Gasteiger partial charge on any atom is -0.545 e. The molecular formula is C68H111NO8. The Morgan fingerprint density at radius 1 is 0.390 bits per heavy atom. The van der Waals surface area contributed by atoms with Crippen LogP contribution in [0.25, 0.3) is 0 Å². The second-order valence-electron chi connectivity index (χ2n) is 20.9. The molecule has 436 valence electrons. The smallest absolute Gasteiger partial charge is 0.306 e. The van der Waals surface area contributed by atoms with Gasteiger partial charge in [-0.15, -0.1) is 0 Å². The van der Waals surface area contributed by atoms with Crippen molar-refractivity contribution in [3.63, 3.8) is 0 Å². The van der Waals surface area contributed by atoms with E-state index in [1.807, 2.05) is 21.1 Å². The molecule has 0 heterocycles. The van der Waals surface area contributed by atoms with Crippen LogP contribution < -0.4 is 5.11 Å². The van der Waals surface area contributed by atoms with Gasteiger partial charge in [-0.2, -0.15) is 0 Å². The molecule has 0 aliphatic heterocycles. The fourth-order valence-electron chi connectivity index (χ4n) is 7.80. The van der Waals surface area contributed by atoms with Gasteiger partial charge < -0.3 is 33.3 Å². The molecule has 2 unspecified atom stereocenters. The molecule has 0 bridgehead atoms. The Labute approximate surface area is 471 Å². The summed E-state index contributed by atoms with van der Waals surface area (Å²) in [5.74, 6) is -2.32. The number of ether oxygens (including phenoxy) is 4. The van der Waals surface area contributed by atoms with Crippen molar-refractivity contribution in [2.45, 2.75) is 232 Å². The van der Waals surface area contributed by atoms with Gasteiger partial charge in [-0.05, 0) is 109 Å². The van der Waals surface area contributed by atoms with Crippen LogP contribution in [0.3, 0.4) is 0 Å². The number of nitrogens with zero attached hydrogens (tertiary/aromatic N) is 1. The van der Waals surface area contributed by atoms with Gasteiger partial charge in [0.2, 0.25) is 0 Å². The second kappa shape index (κ2) is 57.6. The molecule has 0 fully saturated rings. The predicted molar refractivity (Wildman–Crippen MR) is 324 cm³/mol. The monoisotopic (exact) mass is 1070 g/mol. The topological polar surface area (TPSA) is 111 Å². The maximum absolute atomic E-state index is 12.9. The van der Waals surface area contributed by atoms with Crippen molar-refractivity contribution in [2.24, 2.45) is 0 Å². The number of carbonyl (C=O) groups is 3. The number of carbonyl (C=O) groups excluding carboxylic acids is 3. The molecule has 0 N–H and O–H groups in total. The van der Waals surface area contributed by atoms with Gasteiger partial charge in [-0.25, -0.2) is 0 Å². The number of esters is 2. The molecule has 9 heteroatoms. The number of hydrogen-bond acceptors (Lipinski definition) is 8. The zero-order valence-corrected chi connectivity index (χ0v) is 49.5. The maximum atomic E-state index is 12.9. The molecule has 0 aromatic rings. The molecule has 0 radical (unpaired) electrons. The zero-order valence-electron chi connectivity index (χ0n) is 49.5. The highest BCUT2D eigenvalue weighted by Gasteiger charge is 2.22. The number of hydrogen-bond donors (Lipinski definition) is 0. The Balaban J connectivity index is 4.28. The lowest BCUT2D eigenvalue weighted by Gasteiger charge is -2.26. The molecule has 0 aliphatic carbocycles. The summed E-state index contributed by atoms with van der Waals surface area (Å²) in [5.41, 5.74) is 0. The normalized spacial score (nSPS) is 13.7. The van der Waals surface area contributed by atoms with Crippen molar-refractivity contribution in [2.75, 3.05) is 47.5 Å². The van der Waals surface area contributed by atoms with Crippen LogP contribution in [-0.2, 0) is 33.3 Å². The van der Waals surface area contributed by atoms with Gasteiger partial charge in [0, 0.05) is 12.8 Å². The summed E-state index contributed by atoms with van der Waals surface area (Å²) < 4.78 is 22.7. The lowest BCUT2D eigenvalue weighted by atomic mass is 10.0. The van der Waals surface area contributed by atoms with E-state index in [1.54, 1.807) is 0 Å². The lowest BCUT2D eigenvalue weighted by Crippen LogP contribution is -2.44. The molecule has 0 rings (SSSR count). The van der Waals surface area contributed by atoms with Gasteiger partial charge in [0.1, 0.15) is 13.2 Å². The first kappa shape index (κ1) is 72.4. The number of carboxylic acids is 1. The second-order valence-corrected chi connectivity index (χ2v) is 20.9. The van der Waals surface area contributed by atoms with Crippen molar-refractivity contribution in [3.05, 3.63) is 134 Å². The molecule has 0 amide bonds. The van der Waals surface area contributed by atoms with Crippen LogP contribution in [0.4, 0.5) is 0 Å². The number of rotatable bonds is 54. The van der Waals surface area contributed by atoms with Crippen molar-refractivity contribution < 1.29 is 42.9 Å². The van der Waals surface area contributed by atoms with E-state index >= 15 is 0 Å². The summed E-state index contributed by atoms with van der Waals surface area (Å²) in [6, 6.07) is 0. The van der Waals surface area contributed by atoms with Gasteiger partial charge in [-0.1, -0.05) is 231 Å². The minimum atomic E-state index is -1.63. The summed E-state index contributed by atoms with van der Waals surface area (Å²) in [7, 11) is 5.91. The number of likely N-dealkylation sites (N-methyl/N-ethyl adjacent to an activating group) is 1. The molecule has 0 aromatic heterocycles. The fourth-order valence-corrected chi connectivity index (χ4v) is 7.80. The van der Waals surface area contributed by atoms with Crippen molar-refractivity contribution in [1.29, 1.82) is 0 Å². The third kappa shape index (κ3) is 58.9. The van der Waals surface area contributed by atoms with Crippen LogP contribution in [0.5, 0.6) is 0 Å². The summed E-state index contributed by atoms with van der Waals surface area (Å²) in [6.07, 6.45) is 79.2. The van der Waals surface area contributed by atoms with E-state index in [1.165, 1.54) is 57.8 Å². The van der Waals surface area contributed by atoms with Gasteiger partial charge in [0.05, 0.1) is 40.3 Å². The highest BCUT2D eigenvalue weighted by molar-refractivity contribution is 5.70. The van der Waals surface area contributed by atoms with Gasteiger partial charge in [0.25, 0.3) is 0 Å². The highest BCUT2D eigenvalue weighted by atomic mass is 16.7. The first-order valence-electron chi connectivity index (χ1n) is 30.3. The number of quaternary nitrogens is 1. The van der Waals surface area contributed by atoms with Crippen molar-refractivity contribution in [1.82, 2.24) is 0 Å². The van der Waals surface area contributed by atoms with E-state index in [0.29, 0.717) is 17.4 Å². The molecule has 77 heavy (non-hydrogen) atoms.